The van der Waals surface area contributed by atoms with Crippen molar-refractivity contribution in [3.8, 4) is 5.75 Å². The van der Waals surface area contributed by atoms with E-state index in [-0.39, 0.29) is 17.7 Å². The molecule has 2 heterocycles. The molecule has 1 aromatic carbocycles. The van der Waals surface area contributed by atoms with E-state index in [2.05, 4.69) is 5.32 Å². The summed E-state index contributed by atoms with van der Waals surface area (Å²) in [6, 6.07) is 7.62. The van der Waals surface area contributed by atoms with Gasteiger partial charge < -0.3 is 19.9 Å². The van der Waals surface area contributed by atoms with Crippen LogP contribution in [-0.4, -0.2) is 67.4 Å². The van der Waals surface area contributed by atoms with Crippen LogP contribution in [0.3, 0.4) is 0 Å². The topological polar surface area (TPSA) is 79.0 Å². The largest absolute Gasteiger partial charge is 0.497 e. The number of carbonyl (C=O) groups is 3. The third-order valence-corrected chi connectivity index (χ3v) is 6.07. The van der Waals surface area contributed by atoms with Crippen molar-refractivity contribution in [1.82, 2.24) is 15.1 Å². The first-order valence-electron chi connectivity index (χ1n) is 10.4. The zero-order valence-electron chi connectivity index (χ0n) is 17.4. The highest BCUT2D eigenvalue weighted by atomic mass is 16.5. The van der Waals surface area contributed by atoms with Crippen molar-refractivity contribution in [2.45, 2.75) is 32.6 Å². The summed E-state index contributed by atoms with van der Waals surface area (Å²) in [5.41, 5.74) is 0.984. The van der Waals surface area contributed by atoms with E-state index in [0.717, 1.165) is 37.2 Å². The number of nitrogens with one attached hydrogen (secondary N) is 1. The van der Waals surface area contributed by atoms with Gasteiger partial charge in [-0.05, 0) is 42.4 Å². The van der Waals surface area contributed by atoms with E-state index >= 15 is 0 Å². The minimum Gasteiger partial charge on any atom is -0.497 e. The number of carbonyl (C=O) groups excluding carboxylic acids is 3. The normalized spacial score (nSPS) is 21.9. The summed E-state index contributed by atoms with van der Waals surface area (Å²) >= 11 is 0. The summed E-state index contributed by atoms with van der Waals surface area (Å²) in [5.74, 6) is 1.73. The number of ether oxygens (including phenoxy) is 1. The number of methoxy groups -OCH3 is 1. The molecule has 158 valence electrons. The van der Waals surface area contributed by atoms with Crippen molar-refractivity contribution in [1.29, 1.82) is 0 Å². The fourth-order valence-electron chi connectivity index (χ4n) is 4.34. The first kappa shape index (κ1) is 21.1. The molecule has 1 N–H and O–H groups in total. The average molecular weight is 402 g/mol. The lowest BCUT2D eigenvalue weighted by molar-refractivity contribution is -0.133. The highest BCUT2D eigenvalue weighted by Gasteiger charge is 2.36. The smallest absolute Gasteiger partial charge is 0.226 e. The molecule has 3 amide bonds. The molecule has 2 saturated heterocycles. The van der Waals surface area contributed by atoms with Gasteiger partial charge in [-0.2, -0.15) is 0 Å². The summed E-state index contributed by atoms with van der Waals surface area (Å²) in [5, 5.41) is 2.76. The fraction of sp³-hybridized carbons (Fsp3) is 0.591. The van der Waals surface area contributed by atoms with Gasteiger partial charge in [-0.3, -0.25) is 14.4 Å². The Labute approximate surface area is 172 Å². The molecule has 2 atom stereocenters. The van der Waals surface area contributed by atoms with Gasteiger partial charge in [0.1, 0.15) is 5.75 Å². The third kappa shape index (κ3) is 5.71. The molecule has 29 heavy (non-hydrogen) atoms. The lowest BCUT2D eigenvalue weighted by atomic mass is 9.82. The Morgan fingerprint density at radius 3 is 2.55 bits per heavy atom. The third-order valence-electron chi connectivity index (χ3n) is 6.07. The van der Waals surface area contributed by atoms with Crippen molar-refractivity contribution in [3.05, 3.63) is 29.8 Å². The summed E-state index contributed by atoms with van der Waals surface area (Å²) in [7, 11) is 1.63. The lowest BCUT2D eigenvalue weighted by Crippen LogP contribution is -2.44. The number of nitrogens with zero attached hydrogens (tertiary/aromatic N) is 2. The van der Waals surface area contributed by atoms with Gasteiger partial charge in [0.05, 0.1) is 13.5 Å². The van der Waals surface area contributed by atoms with Gasteiger partial charge >= 0.3 is 0 Å². The number of fused-ring (bicyclic) bond motifs is 1. The second-order valence-electron chi connectivity index (χ2n) is 8.03. The highest BCUT2D eigenvalue weighted by molar-refractivity contribution is 5.79. The monoisotopic (exact) mass is 401 g/mol. The molecule has 0 aromatic heterocycles. The summed E-state index contributed by atoms with van der Waals surface area (Å²) < 4.78 is 5.17. The van der Waals surface area contributed by atoms with Crippen LogP contribution >= 0.6 is 0 Å². The van der Waals surface area contributed by atoms with Crippen LogP contribution in [0.2, 0.25) is 0 Å². The number of piperidine rings is 1. The Morgan fingerprint density at radius 1 is 1.14 bits per heavy atom. The van der Waals surface area contributed by atoms with Gasteiger partial charge in [-0.25, -0.2) is 0 Å². The van der Waals surface area contributed by atoms with Gasteiger partial charge in [0.15, 0.2) is 0 Å². The molecule has 2 fully saturated rings. The molecule has 1 aromatic rings. The zero-order chi connectivity index (χ0) is 20.8. The molecule has 0 spiro atoms. The van der Waals surface area contributed by atoms with Crippen LogP contribution in [0.1, 0.15) is 31.7 Å². The molecule has 0 unspecified atom stereocenters. The van der Waals surface area contributed by atoms with Gasteiger partial charge in [-0.1, -0.05) is 12.1 Å². The fourth-order valence-corrected chi connectivity index (χ4v) is 4.34. The van der Waals surface area contributed by atoms with Crippen molar-refractivity contribution >= 4 is 17.7 Å². The Bertz CT molecular complexity index is 734. The van der Waals surface area contributed by atoms with E-state index < -0.39 is 0 Å². The summed E-state index contributed by atoms with van der Waals surface area (Å²) in [6.07, 6.45) is 2.72. The molecule has 2 aliphatic rings. The maximum Gasteiger partial charge on any atom is 0.226 e. The first-order chi connectivity index (χ1) is 14.0. The maximum atomic E-state index is 12.8. The molecule has 0 radical (unpaired) electrons. The standard InChI is InChI=1S/C22H31N3O4/c1-16(26)23-9-12-24-10-8-19-15-25(11-7-18(19)14-22(24)28)21(27)13-17-3-5-20(29-2)6-4-17/h3-6,18-19H,7-15H2,1-2H3,(H,23,26)/t18-,19+/m0/s1. The van der Waals surface area contributed by atoms with Gasteiger partial charge in [-0.15, -0.1) is 0 Å². The molecule has 7 nitrogen and oxygen atoms in total. The van der Waals surface area contributed by atoms with Gasteiger partial charge in [0.25, 0.3) is 0 Å². The second-order valence-corrected chi connectivity index (χ2v) is 8.03. The Hall–Kier alpha value is -2.57. The van der Waals surface area contributed by atoms with Crippen LogP contribution in [0, 0.1) is 11.8 Å². The van der Waals surface area contributed by atoms with E-state index in [1.807, 2.05) is 34.1 Å². The molecule has 3 rings (SSSR count). The number of benzene rings is 1. The molecule has 0 bridgehead atoms. The van der Waals surface area contributed by atoms with Crippen LogP contribution < -0.4 is 10.1 Å². The van der Waals surface area contributed by atoms with Gasteiger partial charge in [0.2, 0.25) is 17.7 Å². The van der Waals surface area contributed by atoms with Crippen molar-refractivity contribution in [2.24, 2.45) is 11.8 Å². The molecule has 7 heteroatoms. The SMILES string of the molecule is COc1ccc(CC(=O)N2CC[C@H]3CC(=O)N(CCNC(C)=O)CC[C@@H]3C2)cc1. The Balaban J connectivity index is 1.53. The predicted octanol–water partition coefficient (Wildman–Crippen LogP) is 1.46. The molecule has 2 aliphatic heterocycles. The average Bonchev–Trinajstić information content (AvgIpc) is 2.86. The molecule has 0 saturated carbocycles. The molecular weight excluding hydrogens is 370 g/mol. The Kier molecular flexibility index (Phi) is 7.12. The zero-order valence-corrected chi connectivity index (χ0v) is 17.4. The summed E-state index contributed by atoms with van der Waals surface area (Å²) in [6.45, 7) is 4.67. The van der Waals surface area contributed by atoms with Crippen LogP contribution in [0.5, 0.6) is 5.75 Å². The van der Waals surface area contributed by atoms with Crippen LogP contribution in [0.4, 0.5) is 0 Å². The van der Waals surface area contributed by atoms with E-state index in [1.165, 1.54) is 6.92 Å². The lowest BCUT2D eigenvalue weighted by Gasteiger charge is -2.37. The van der Waals surface area contributed by atoms with Gasteiger partial charge in [0, 0.05) is 46.1 Å². The van der Waals surface area contributed by atoms with Crippen LogP contribution in [0.15, 0.2) is 24.3 Å². The minimum atomic E-state index is -0.0769. The number of hydrogen-bond acceptors (Lipinski definition) is 4. The molecule has 0 aliphatic carbocycles. The van der Waals surface area contributed by atoms with E-state index in [0.29, 0.717) is 44.3 Å². The van der Waals surface area contributed by atoms with Crippen molar-refractivity contribution in [2.75, 3.05) is 39.8 Å². The number of hydrogen-bond donors (Lipinski definition) is 1. The number of rotatable bonds is 6. The van der Waals surface area contributed by atoms with Crippen LogP contribution in [0.25, 0.3) is 0 Å². The van der Waals surface area contributed by atoms with E-state index in [1.54, 1.807) is 7.11 Å². The minimum absolute atomic E-state index is 0.0769. The number of amides is 3. The summed E-state index contributed by atoms with van der Waals surface area (Å²) in [4.78, 5) is 40.2. The van der Waals surface area contributed by atoms with Crippen molar-refractivity contribution < 1.29 is 19.1 Å². The van der Waals surface area contributed by atoms with E-state index in [9.17, 15) is 14.4 Å². The highest BCUT2D eigenvalue weighted by Crippen LogP contribution is 2.32. The molecular formula is C22H31N3O4. The maximum absolute atomic E-state index is 12.8. The number of likely N-dealkylation sites (tertiary alicyclic amines) is 2. The van der Waals surface area contributed by atoms with E-state index in [4.69, 9.17) is 4.74 Å². The Morgan fingerprint density at radius 2 is 1.86 bits per heavy atom. The van der Waals surface area contributed by atoms with Crippen molar-refractivity contribution in [3.63, 3.8) is 0 Å². The quantitative estimate of drug-likeness (QED) is 0.783. The van der Waals surface area contributed by atoms with Crippen LogP contribution in [-0.2, 0) is 20.8 Å². The second kappa shape index (κ2) is 9.76. The first-order valence-corrected chi connectivity index (χ1v) is 10.4. The predicted molar refractivity (Wildman–Crippen MR) is 109 cm³/mol.